The number of ether oxygens (including phenoxy) is 5. The largest absolute Gasteiger partial charge is 0.490 e. The summed E-state index contributed by atoms with van der Waals surface area (Å²) in [4.78, 5) is 35.8. The highest BCUT2D eigenvalue weighted by Crippen LogP contribution is 2.42. The molecule has 264 valence electrons. The van der Waals surface area contributed by atoms with E-state index in [-0.39, 0.29) is 36.9 Å². The van der Waals surface area contributed by atoms with Gasteiger partial charge >= 0.3 is 17.9 Å². The molecule has 0 unspecified atom stereocenters. The molecule has 0 amide bonds. The number of hydrogen-bond acceptors (Lipinski definition) is 9. The van der Waals surface area contributed by atoms with Crippen LogP contribution in [-0.2, 0) is 28.6 Å². The zero-order valence-electron chi connectivity index (χ0n) is 28.9. The summed E-state index contributed by atoms with van der Waals surface area (Å²) in [5, 5.41) is 9.10. The van der Waals surface area contributed by atoms with Crippen molar-refractivity contribution >= 4 is 17.9 Å². The Morgan fingerprint density at radius 3 is 1.94 bits per heavy atom. The predicted octanol–water partition coefficient (Wildman–Crippen LogP) is 7.38. The summed E-state index contributed by atoms with van der Waals surface area (Å²) < 4.78 is 26.8. The Morgan fingerprint density at radius 1 is 0.720 bits per heavy atom. The van der Waals surface area contributed by atoms with Crippen LogP contribution in [0.2, 0.25) is 0 Å². The Bertz CT molecular complexity index is 1660. The van der Waals surface area contributed by atoms with Crippen LogP contribution in [0, 0.1) is 5.92 Å². The van der Waals surface area contributed by atoms with Gasteiger partial charge in [0.2, 0.25) is 0 Å². The first-order valence-electron chi connectivity index (χ1n) is 16.7. The Hall–Kier alpha value is -4.99. The normalized spacial score (nSPS) is 15.4. The molecule has 0 aliphatic heterocycles. The van der Waals surface area contributed by atoms with Crippen molar-refractivity contribution < 1.29 is 43.2 Å². The highest BCUT2D eigenvalue weighted by Gasteiger charge is 2.25. The van der Waals surface area contributed by atoms with Gasteiger partial charge in [-0.15, -0.1) is 0 Å². The average Bonchev–Trinajstić information content (AvgIpc) is 3.13. The number of esters is 3. The lowest BCUT2D eigenvalue weighted by molar-refractivity contribution is -0.140. The van der Waals surface area contributed by atoms with Gasteiger partial charge in [0.15, 0.2) is 0 Å². The van der Waals surface area contributed by atoms with Crippen LogP contribution in [0.25, 0.3) is 22.3 Å². The molecule has 1 N–H and O–H groups in total. The van der Waals surface area contributed by atoms with Crippen molar-refractivity contribution in [2.45, 2.75) is 44.9 Å². The fourth-order valence-electron chi connectivity index (χ4n) is 5.87. The van der Waals surface area contributed by atoms with Gasteiger partial charge in [0, 0.05) is 12.7 Å². The van der Waals surface area contributed by atoms with E-state index in [1.807, 2.05) is 18.2 Å². The molecule has 0 radical (unpaired) electrons. The molecule has 0 saturated heterocycles. The van der Waals surface area contributed by atoms with E-state index in [1.54, 1.807) is 19.1 Å². The Kier molecular flexibility index (Phi) is 14.1. The highest BCUT2D eigenvalue weighted by molar-refractivity contribution is 5.90. The lowest BCUT2D eigenvalue weighted by atomic mass is 9.76. The third-order valence-corrected chi connectivity index (χ3v) is 8.68. The second-order valence-corrected chi connectivity index (χ2v) is 12.4. The van der Waals surface area contributed by atoms with Crippen molar-refractivity contribution in [2.24, 2.45) is 5.92 Å². The molecule has 0 spiro atoms. The van der Waals surface area contributed by atoms with Gasteiger partial charge in [-0.2, -0.15) is 0 Å². The molecule has 50 heavy (non-hydrogen) atoms. The summed E-state index contributed by atoms with van der Waals surface area (Å²) in [6.45, 7) is 12.8. The molecule has 9 nitrogen and oxygen atoms in total. The second-order valence-electron chi connectivity index (χ2n) is 12.4. The van der Waals surface area contributed by atoms with Crippen LogP contribution < -0.4 is 9.47 Å². The number of rotatable bonds is 17. The average molecular weight is 683 g/mol. The van der Waals surface area contributed by atoms with Crippen LogP contribution in [0.3, 0.4) is 0 Å². The zero-order chi connectivity index (χ0) is 36.0. The van der Waals surface area contributed by atoms with Crippen molar-refractivity contribution in [2.75, 3.05) is 40.1 Å². The van der Waals surface area contributed by atoms with E-state index in [0.29, 0.717) is 35.5 Å². The summed E-state index contributed by atoms with van der Waals surface area (Å²) in [6.07, 6.45) is 4.88. The summed E-state index contributed by atoms with van der Waals surface area (Å²) in [5.41, 5.74) is 6.00. The molecule has 4 rings (SSSR count). The van der Waals surface area contributed by atoms with Gasteiger partial charge in [-0.3, -0.25) is 0 Å². The monoisotopic (exact) mass is 682 g/mol. The zero-order valence-corrected chi connectivity index (χ0v) is 28.9. The van der Waals surface area contributed by atoms with Crippen LogP contribution in [-0.4, -0.2) is 63.2 Å². The Morgan fingerprint density at radius 2 is 1.32 bits per heavy atom. The third kappa shape index (κ3) is 10.8. The minimum absolute atomic E-state index is 0.0101. The molecule has 9 heteroatoms. The number of carbonyl (C=O) groups excluding carboxylic acids is 3. The summed E-state index contributed by atoms with van der Waals surface area (Å²) >= 11 is 0. The van der Waals surface area contributed by atoms with Crippen LogP contribution in [0.15, 0.2) is 103 Å². The van der Waals surface area contributed by atoms with Gasteiger partial charge in [-0.05, 0) is 103 Å². The third-order valence-electron chi connectivity index (χ3n) is 8.68. The maximum atomic E-state index is 12.0. The number of hydrogen-bond donors (Lipinski definition) is 1. The molecule has 1 fully saturated rings. The van der Waals surface area contributed by atoms with Gasteiger partial charge < -0.3 is 28.8 Å². The van der Waals surface area contributed by atoms with Crippen LogP contribution in [0.4, 0.5) is 0 Å². The lowest BCUT2D eigenvalue weighted by Crippen LogP contribution is -2.17. The SMILES string of the molecule is C=C(C)C(=O)OCCC1CCC(c2cc(OCCOC(=O)C(=C)COC)ccc2-c2ccc(-c3ccc(OC(=O)C(=C)CO)cc3)cc2)CC1. The quantitative estimate of drug-likeness (QED) is 0.0674. The van der Waals surface area contributed by atoms with E-state index in [4.69, 9.17) is 28.8 Å². The van der Waals surface area contributed by atoms with Crippen molar-refractivity contribution in [1.29, 1.82) is 0 Å². The molecular formula is C41H46O9. The number of methoxy groups -OCH3 is 1. The second kappa shape index (κ2) is 18.7. The minimum Gasteiger partial charge on any atom is -0.490 e. The Balaban J connectivity index is 1.47. The van der Waals surface area contributed by atoms with Crippen molar-refractivity contribution in [3.05, 3.63) is 109 Å². The molecule has 3 aromatic carbocycles. The Labute approximate surface area is 294 Å². The van der Waals surface area contributed by atoms with E-state index in [2.05, 4.69) is 56.1 Å². The smallest absolute Gasteiger partial charge is 0.341 e. The van der Waals surface area contributed by atoms with E-state index in [1.165, 1.54) is 12.7 Å². The molecule has 0 aromatic heterocycles. The molecule has 1 aliphatic carbocycles. The minimum atomic E-state index is -0.665. The lowest BCUT2D eigenvalue weighted by Gasteiger charge is -2.30. The van der Waals surface area contributed by atoms with Gasteiger partial charge in [0.1, 0.15) is 24.7 Å². The van der Waals surface area contributed by atoms with Crippen LogP contribution in [0.1, 0.15) is 50.5 Å². The first kappa shape index (κ1) is 37.8. The molecule has 1 saturated carbocycles. The number of aliphatic hydroxyl groups excluding tert-OH is 1. The van der Waals surface area contributed by atoms with Crippen molar-refractivity contribution in [3.63, 3.8) is 0 Å². The highest BCUT2D eigenvalue weighted by atomic mass is 16.6. The van der Waals surface area contributed by atoms with Gasteiger partial charge in [0.25, 0.3) is 0 Å². The number of carbonyl (C=O) groups is 3. The molecular weight excluding hydrogens is 636 g/mol. The fraction of sp³-hybridized carbons (Fsp3) is 0.341. The van der Waals surface area contributed by atoms with Crippen LogP contribution >= 0.6 is 0 Å². The molecule has 0 heterocycles. The summed E-state index contributed by atoms with van der Waals surface area (Å²) in [7, 11) is 1.49. The first-order valence-corrected chi connectivity index (χ1v) is 16.7. The summed E-state index contributed by atoms with van der Waals surface area (Å²) in [6, 6.07) is 21.6. The topological polar surface area (TPSA) is 118 Å². The summed E-state index contributed by atoms with van der Waals surface area (Å²) in [5.74, 6) is 0.349. The first-order chi connectivity index (χ1) is 24.1. The van der Waals surface area contributed by atoms with Gasteiger partial charge in [-0.1, -0.05) is 62.2 Å². The predicted molar refractivity (Wildman–Crippen MR) is 192 cm³/mol. The fourth-order valence-corrected chi connectivity index (χ4v) is 5.87. The van der Waals surface area contributed by atoms with Crippen molar-refractivity contribution in [1.82, 2.24) is 0 Å². The maximum Gasteiger partial charge on any atom is 0.341 e. The van der Waals surface area contributed by atoms with Crippen LogP contribution in [0.5, 0.6) is 11.5 Å². The maximum absolute atomic E-state index is 12.0. The standard InChI is InChI=1S/C41H46O9/c1-27(2)39(43)48-21-20-30-6-8-34(9-7-30)38-24-36(47-22-23-49-40(44)29(4)26-46-5)18-19-37(38)33-12-10-31(11-13-33)32-14-16-35(17-15-32)50-41(45)28(3)25-42/h10-19,24,30,34,42H,1,3-4,6-9,20-23,25-26H2,2,5H3. The molecule has 1 aliphatic rings. The molecule has 0 bridgehead atoms. The van der Waals surface area contributed by atoms with E-state index in [0.717, 1.165) is 54.4 Å². The van der Waals surface area contributed by atoms with E-state index in [9.17, 15) is 14.4 Å². The van der Waals surface area contributed by atoms with E-state index >= 15 is 0 Å². The number of aliphatic hydroxyl groups is 1. The number of benzene rings is 3. The van der Waals surface area contributed by atoms with E-state index < -0.39 is 18.5 Å². The van der Waals surface area contributed by atoms with Gasteiger partial charge in [-0.25, -0.2) is 14.4 Å². The molecule has 3 aromatic rings. The molecule has 0 atom stereocenters. The van der Waals surface area contributed by atoms with Gasteiger partial charge in [0.05, 0.1) is 31.0 Å². The van der Waals surface area contributed by atoms with Crippen molar-refractivity contribution in [3.8, 4) is 33.8 Å².